The van der Waals surface area contributed by atoms with Gasteiger partial charge >= 0.3 is 0 Å². The largest absolute Gasteiger partial charge is 0.323 e. The van der Waals surface area contributed by atoms with Crippen LogP contribution in [-0.2, 0) is 13.1 Å². The highest BCUT2D eigenvalue weighted by atomic mass is 32.1. The van der Waals surface area contributed by atoms with E-state index >= 15 is 0 Å². The van der Waals surface area contributed by atoms with Crippen LogP contribution in [0.1, 0.15) is 16.0 Å². The summed E-state index contributed by atoms with van der Waals surface area (Å²) < 4.78 is 3.91. The molecule has 3 aromatic rings. The lowest BCUT2D eigenvalue weighted by atomic mass is 10.2. The summed E-state index contributed by atoms with van der Waals surface area (Å²) >= 11 is 6.90. The first-order valence-corrected chi connectivity index (χ1v) is 7.91. The van der Waals surface area contributed by atoms with Gasteiger partial charge in [0.25, 0.3) is 5.56 Å². The van der Waals surface area contributed by atoms with Crippen molar-refractivity contribution in [2.45, 2.75) is 33.9 Å². The third kappa shape index (κ3) is 2.47. The van der Waals surface area contributed by atoms with Crippen LogP contribution in [0.25, 0.3) is 10.2 Å². The number of aryl methyl sites for hydroxylation is 4. The lowest BCUT2D eigenvalue weighted by Crippen LogP contribution is -2.24. The van der Waals surface area contributed by atoms with E-state index in [0.29, 0.717) is 17.9 Å². The van der Waals surface area contributed by atoms with Gasteiger partial charge in [-0.05, 0) is 44.1 Å². The Kier molecular flexibility index (Phi) is 3.54. The molecule has 3 aromatic heterocycles. The summed E-state index contributed by atoms with van der Waals surface area (Å²) in [6.45, 7) is 7.13. The number of aromatic amines is 1. The molecule has 0 saturated heterocycles. The second kappa shape index (κ2) is 5.23. The number of thiophene rings is 1. The average Bonchev–Trinajstić information content (AvgIpc) is 2.94. The molecule has 5 nitrogen and oxygen atoms in total. The lowest BCUT2D eigenvalue weighted by Gasteiger charge is -2.07. The fourth-order valence-corrected chi connectivity index (χ4v) is 3.75. The van der Waals surface area contributed by atoms with Crippen LogP contribution in [0.4, 0.5) is 0 Å². The summed E-state index contributed by atoms with van der Waals surface area (Å²) in [6, 6.07) is 0. The van der Waals surface area contributed by atoms with Gasteiger partial charge in [0.2, 0.25) is 0 Å². The number of H-pyrrole nitrogens is 1. The molecule has 7 heteroatoms. The third-order valence-electron chi connectivity index (χ3n) is 3.62. The first-order valence-electron chi connectivity index (χ1n) is 6.69. The number of nitrogens with zero attached hydrogens (tertiary/aromatic N) is 3. The second-order valence-electron chi connectivity index (χ2n) is 5.16. The Labute approximate surface area is 130 Å². The third-order valence-corrected chi connectivity index (χ3v) is 5.07. The zero-order valence-electron chi connectivity index (χ0n) is 12.1. The standard InChI is InChI=1S/C14H16N4OS2/c1-8-6-15-17(7-8)4-5-18-13(19)11-9(2)10(3)21-12(11)16-14(18)20/h6-7H,4-5H2,1-3H3,(H,16,20). The molecule has 0 aromatic carbocycles. The van der Waals surface area contributed by atoms with Gasteiger partial charge in [0.05, 0.1) is 18.1 Å². The van der Waals surface area contributed by atoms with Gasteiger partial charge in [0, 0.05) is 17.6 Å². The Balaban J connectivity index is 2.04. The first kappa shape index (κ1) is 14.2. The summed E-state index contributed by atoms with van der Waals surface area (Å²) in [5, 5.41) is 4.99. The van der Waals surface area contributed by atoms with E-state index in [9.17, 15) is 4.79 Å². The Morgan fingerprint density at radius 1 is 1.33 bits per heavy atom. The summed E-state index contributed by atoms with van der Waals surface area (Å²) in [4.78, 5) is 17.8. The minimum Gasteiger partial charge on any atom is -0.323 e. The lowest BCUT2D eigenvalue weighted by molar-refractivity contribution is 0.517. The zero-order chi connectivity index (χ0) is 15.1. The van der Waals surface area contributed by atoms with Gasteiger partial charge in [-0.15, -0.1) is 11.3 Å². The van der Waals surface area contributed by atoms with Crippen LogP contribution in [0.3, 0.4) is 0 Å². The van der Waals surface area contributed by atoms with Crippen LogP contribution in [0.15, 0.2) is 17.2 Å². The molecule has 0 aliphatic carbocycles. The van der Waals surface area contributed by atoms with Crippen LogP contribution >= 0.6 is 23.6 Å². The van der Waals surface area contributed by atoms with E-state index in [0.717, 1.165) is 26.2 Å². The molecule has 0 fully saturated rings. The fourth-order valence-electron chi connectivity index (χ4n) is 2.36. The number of hydrogen-bond acceptors (Lipinski definition) is 4. The fraction of sp³-hybridized carbons (Fsp3) is 0.357. The van der Waals surface area contributed by atoms with E-state index < -0.39 is 0 Å². The van der Waals surface area contributed by atoms with Crippen molar-refractivity contribution >= 4 is 33.8 Å². The molecule has 21 heavy (non-hydrogen) atoms. The van der Waals surface area contributed by atoms with Crippen molar-refractivity contribution in [3.8, 4) is 0 Å². The Bertz CT molecular complexity index is 929. The predicted molar refractivity (Wildman–Crippen MR) is 87.7 cm³/mol. The van der Waals surface area contributed by atoms with Gasteiger partial charge < -0.3 is 4.98 Å². The van der Waals surface area contributed by atoms with Crippen molar-refractivity contribution in [1.29, 1.82) is 0 Å². The van der Waals surface area contributed by atoms with Crippen LogP contribution in [0.2, 0.25) is 0 Å². The van der Waals surface area contributed by atoms with E-state index in [1.165, 1.54) is 0 Å². The zero-order valence-corrected chi connectivity index (χ0v) is 13.8. The molecular formula is C14H16N4OS2. The van der Waals surface area contributed by atoms with E-state index in [4.69, 9.17) is 12.2 Å². The summed E-state index contributed by atoms with van der Waals surface area (Å²) in [6.07, 6.45) is 3.76. The number of aromatic nitrogens is 4. The van der Waals surface area contributed by atoms with Gasteiger partial charge in [-0.1, -0.05) is 0 Å². The smallest absolute Gasteiger partial charge is 0.263 e. The maximum absolute atomic E-state index is 12.7. The minimum absolute atomic E-state index is 0.0144. The maximum atomic E-state index is 12.7. The van der Waals surface area contributed by atoms with Crippen molar-refractivity contribution in [3.63, 3.8) is 0 Å². The quantitative estimate of drug-likeness (QED) is 0.755. The molecule has 0 amide bonds. The Hall–Kier alpha value is -1.73. The summed E-state index contributed by atoms with van der Waals surface area (Å²) in [7, 11) is 0. The second-order valence-corrected chi connectivity index (χ2v) is 6.77. The molecule has 0 saturated carbocycles. The van der Waals surface area contributed by atoms with E-state index in [1.807, 2.05) is 31.6 Å². The molecule has 3 rings (SSSR count). The van der Waals surface area contributed by atoms with Crippen molar-refractivity contribution in [3.05, 3.63) is 43.5 Å². The number of fused-ring (bicyclic) bond motifs is 1. The molecule has 0 aliphatic rings. The molecule has 0 aliphatic heterocycles. The molecule has 3 heterocycles. The van der Waals surface area contributed by atoms with Gasteiger partial charge in [0.15, 0.2) is 4.77 Å². The molecule has 0 radical (unpaired) electrons. The monoisotopic (exact) mass is 320 g/mol. The molecule has 1 N–H and O–H groups in total. The average molecular weight is 320 g/mol. The summed E-state index contributed by atoms with van der Waals surface area (Å²) in [5.41, 5.74) is 2.13. The minimum atomic E-state index is -0.0144. The van der Waals surface area contributed by atoms with Crippen molar-refractivity contribution in [2.75, 3.05) is 0 Å². The maximum Gasteiger partial charge on any atom is 0.263 e. The molecular weight excluding hydrogens is 304 g/mol. The van der Waals surface area contributed by atoms with Gasteiger partial charge in [-0.25, -0.2) is 0 Å². The van der Waals surface area contributed by atoms with Crippen molar-refractivity contribution in [2.24, 2.45) is 0 Å². The SMILES string of the molecule is Cc1cnn(CCn2c(=S)[nH]c3sc(C)c(C)c3c2=O)c1. The molecule has 0 unspecified atom stereocenters. The number of hydrogen-bond donors (Lipinski definition) is 1. The molecule has 0 bridgehead atoms. The van der Waals surface area contributed by atoms with Gasteiger partial charge in [-0.2, -0.15) is 5.10 Å². The number of rotatable bonds is 3. The number of nitrogens with one attached hydrogen (secondary N) is 1. The van der Waals surface area contributed by atoms with Gasteiger partial charge in [0.1, 0.15) is 4.83 Å². The highest BCUT2D eigenvalue weighted by Crippen LogP contribution is 2.25. The highest BCUT2D eigenvalue weighted by molar-refractivity contribution is 7.71. The van der Waals surface area contributed by atoms with Gasteiger partial charge in [-0.3, -0.25) is 14.0 Å². The van der Waals surface area contributed by atoms with Crippen LogP contribution in [0, 0.1) is 25.5 Å². The Morgan fingerprint density at radius 3 is 2.76 bits per heavy atom. The molecule has 0 spiro atoms. The van der Waals surface area contributed by atoms with Crippen molar-refractivity contribution in [1.82, 2.24) is 19.3 Å². The van der Waals surface area contributed by atoms with E-state index in [1.54, 1.807) is 22.1 Å². The first-order chi connectivity index (χ1) is 9.97. The van der Waals surface area contributed by atoms with Crippen LogP contribution in [0.5, 0.6) is 0 Å². The normalized spacial score (nSPS) is 11.4. The van der Waals surface area contributed by atoms with Crippen LogP contribution < -0.4 is 5.56 Å². The Morgan fingerprint density at radius 2 is 2.10 bits per heavy atom. The molecule has 0 atom stereocenters. The highest BCUT2D eigenvalue weighted by Gasteiger charge is 2.12. The molecule has 110 valence electrons. The van der Waals surface area contributed by atoms with Crippen molar-refractivity contribution < 1.29 is 0 Å². The topological polar surface area (TPSA) is 55.6 Å². The van der Waals surface area contributed by atoms with E-state index in [-0.39, 0.29) is 5.56 Å². The summed E-state index contributed by atoms with van der Waals surface area (Å²) in [5.74, 6) is 0. The predicted octanol–water partition coefficient (Wildman–Crippen LogP) is 2.94. The van der Waals surface area contributed by atoms with Crippen LogP contribution in [-0.4, -0.2) is 19.3 Å². The van der Waals surface area contributed by atoms with E-state index in [2.05, 4.69) is 10.1 Å².